The molecule has 160 valence electrons. The molecule has 0 saturated carbocycles. The molecule has 27 heavy (non-hydrogen) atoms. The summed E-state index contributed by atoms with van der Waals surface area (Å²) in [6.45, 7) is 5.50. The lowest BCUT2D eigenvalue weighted by atomic mass is 9.91. The van der Waals surface area contributed by atoms with Gasteiger partial charge in [0, 0.05) is 13.6 Å². The summed E-state index contributed by atoms with van der Waals surface area (Å²) in [6, 6.07) is 0. The second kappa shape index (κ2) is 12.2. The number of halogens is 3. The summed E-state index contributed by atoms with van der Waals surface area (Å²) in [4.78, 5) is 24.9. The minimum Gasteiger partial charge on any atom is -0.481 e. The van der Waals surface area contributed by atoms with Crippen LogP contribution in [0.1, 0.15) is 65.7 Å². The predicted octanol–water partition coefficient (Wildman–Crippen LogP) is 4.09. The van der Waals surface area contributed by atoms with E-state index in [-0.39, 0.29) is 18.9 Å². The SMILES string of the molecule is CCCCCC[C@@H](O)[C@@H](CC(F)(F)F)C(=O)N(C)C[C@H](CC(C)C)C(=O)O. The number of carbonyl (C=O) groups excluding carboxylic acids is 1. The molecule has 1 amide bonds. The molecule has 0 heterocycles. The fraction of sp³-hybridized carbons (Fsp3) is 0.895. The van der Waals surface area contributed by atoms with Gasteiger partial charge in [0.1, 0.15) is 0 Å². The highest BCUT2D eigenvalue weighted by Crippen LogP contribution is 2.30. The number of aliphatic hydroxyl groups is 1. The average molecular weight is 397 g/mol. The van der Waals surface area contributed by atoms with Gasteiger partial charge in [0.15, 0.2) is 0 Å². The number of hydrogen-bond acceptors (Lipinski definition) is 3. The van der Waals surface area contributed by atoms with E-state index in [0.717, 1.165) is 24.2 Å². The highest BCUT2D eigenvalue weighted by Gasteiger charge is 2.40. The number of alkyl halides is 3. The maximum Gasteiger partial charge on any atom is 0.389 e. The van der Waals surface area contributed by atoms with Crippen molar-refractivity contribution in [2.24, 2.45) is 17.8 Å². The molecule has 0 fully saturated rings. The zero-order valence-electron chi connectivity index (χ0n) is 16.8. The van der Waals surface area contributed by atoms with Crippen LogP contribution < -0.4 is 0 Å². The van der Waals surface area contributed by atoms with E-state index >= 15 is 0 Å². The van der Waals surface area contributed by atoms with Gasteiger partial charge in [-0.1, -0.05) is 46.5 Å². The molecular weight excluding hydrogens is 363 g/mol. The first-order valence-corrected chi connectivity index (χ1v) is 9.61. The van der Waals surface area contributed by atoms with Crippen LogP contribution in [-0.4, -0.2) is 52.9 Å². The molecular formula is C19H34F3NO4. The van der Waals surface area contributed by atoms with Crippen LogP contribution in [0.25, 0.3) is 0 Å². The molecule has 0 aliphatic carbocycles. The molecule has 2 N–H and O–H groups in total. The van der Waals surface area contributed by atoms with Gasteiger partial charge in [0.25, 0.3) is 0 Å². The Kier molecular flexibility index (Phi) is 11.6. The number of nitrogens with zero attached hydrogens (tertiary/aromatic N) is 1. The molecule has 0 aromatic heterocycles. The largest absolute Gasteiger partial charge is 0.481 e. The quantitative estimate of drug-likeness (QED) is 0.459. The van der Waals surface area contributed by atoms with Crippen molar-refractivity contribution >= 4 is 11.9 Å². The summed E-state index contributed by atoms with van der Waals surface area (Å²) in [5.41, 5.74) is 0. The molecule has 0 aromatic carbocycles. The van der Waals surface area contributed by atoms with Gasteiger partial charge >= 0.3 is 12.1 Å². The molecule has 0 aromatic rings. The summed E-state index contributed by atoms with van der Waals surface area (Å²) >= 11 is 0. The van der Waals surface area contributed by atoms with E-state index in [4.69, 9.17) is 0 Å². The number of carbonyl (C=O) groups is 2. The molecule has 5 nitrogen and oxygen atoms in total. The van der Waals surface area contributed by atoms with E-state index < -0.39 is 42.4 Å². The maximum atomic E-state index is 12.9. The van der Waals surface area contributed by atoms with Crippen molar-refractivity contribution in [3.8, 4) is 0 Å². The lowest BCUT2D eigenvalue weighted by Crippen LogP contribution is -2.44. The van der Waals surface area contributed by atoms with Crippen LogP contribution in [-0.2, 0) is 9.59 Å². The Bertz CT molecular complexity index is 455. The third-order valence-electron chi connectivity index (χ3n) is 4.56. The molecule has 0 radical (unpaired) electrons. The van der Waals surface area contributed by atoms with Gasteiger partial charge < -0.3 is 15.1 Å². The molecule has 0 rings (SSSR count). The smallest absolute Gasteiger partial charge is 0.389 e. The van der Waals surface area contributed by atoms with Crippen LogP contribution >= 0.6 is 0 Å². The first kappa shape index (κ1) is 25.7. The van der Waals surface area contributed by atoms with Crippen molar-refractivity contribution in [2.45, 2.75) is 78.0 Å². The van der Waals surface area contributed by atoms with Crippen molar-refractivity contribution in [1.29, 1.82) is 0 Å². The standard InChI is InChI=1S/C19H34F3NO4/c1-5-6-7-8-9-16(24)15(11-19(20,21)22)17(25)23(4)12-14(18(26)27)10-13(2)3/h13-16,24H,5-12H2,1-4H3,(H,26,27)/t14-,15+,16+/m0/s1. The minimum absolute atomic E-state index is 0.0738. The van der Waals surface area contributed by atoms with Crippen molar-refractivity contribution in [3.05, 3.63) is 0 Å². The number of carboxylic acid groups (broad SMARTS) is 1. The number of aliphatic hydroxyl groups excluding tert-OH is 1. The average Bonchev–Trinajstić information content (AvgIpc) is 2.53. The molecule has 0 aliphatic heterocycles. The summed E-state index contributed by atoms with van der Waals surface area (Å²) in [5, 5.41) is 19.5. The summed E-state index contributed by atoms with van der Waals surface area (Å²) in [6.07, 6.45) is -3.76. The number of amides is 1. The second-order valence-electron chi connectivity index (χ2n) is 7.73. The Labute approximate surface area is 159 Å². The number of hydrogen-bond donors (Lipinski definition) is 2. The molecule has 0 unspecified atom stereocenters. The van der Waals surface area contributed by atoms with E-state index in [1.807, 2.05) is 20.8 Å². The van der Waals surface area contributed by atoms with E-state index in [1.165, 1.54) is 7.05 Å². The zero-order chi connectivity index (χ0) is 21.2. The Hall–Kier alpha value is -1.31. The zero-order valence-corrected chi connectivity index (χ0v) is 16.8. The van der Waals surface area contributed by atoms with E-state index in [9.17, 15) is 33.0 Å². The Morgan fingerprint density at radius 3 is 2.15 bits per heavy atom. The molecule has 0 bridgehead atoms. The van der Waals surface area contributed by atoms with E-state index in [0.29, 0.717) is 12.8 Å². The van der Waals surface area contributed by atoms with Crippen LogP contribution in [0.5, 0.6) is 0 Å². The molecule has 8 heteroatoms. The van der Waals surface area contributed by atoms with E-state index in [1.54, 1.807) is 0 Å². The molecule has 0 spiro atoms. The van der Waals surface area contributed by atoms with Gasteiger partial charge in [0.05, 0.1) is 24.4 Å². The Morgan fingerprint density at radius 2 is 1.70 bits per heavy atom. The van der Waals surface area contributed by atoms with Crippen LogP contribution in [0.3, 0.4) is 0 Å². The van der Waals surface area contributed by atoms with Crippen LogP contribution in [0.2, 0.25) is 0 Å². The highest BCUT2D eigenvalue weighted by atomic mass is 19.4. The lowest BCUT2D eigenvalue weighted by Gasteiger charge is -2.30. The highest BCUT2D eigenvalue weighted by molar-refractivity contribution is 5.80. The first-order chi connectivity index (χ1) is 12.4. The Morgan fingerprint density at radius 1 is 1.11 bits per heavy atom. The number of carboxylic acids is 1. The van der Waals surface area contributed by atoms with Gasteiger partial charge in [0.2, 0.25) is 5.91 Å². The van der Waals surface area contributed by atoms with Gasteiger partial charge in [-0.3, -0.25) is 9.59 Å². The van der Waals surface area contributed by atoms with Crippen molar-refractivity contribution in [3.63, 3.8) is 0 Å². The maximum absolute atomic E-state index is 12.9. The van der Waals surface area contributed by atoms with Crippen LogP contribution in [0, 0.1) is 17.8 Å². The lowest BCUT2D eigenvalue weighted by molar-refractivity contribution is -0.168. The predicted molar refractivity (Wildman–Crippen MR) is 97.1 cm³/mol. The number of rotatable bonds is 13. The summed E-state index contributed by atoms with van der Waals surface area (Å²) < 4.78 is 38.8. The first-order valence-electron chi connectivity index (χ1n) is 9.61. The van der Waals surface area contributed by atoms with Crippen molar-refractivity contribution in [2.75, 3.05) is 13.6 Å². The van der Waals surface area contributed by atoms with Crippen LogP contribution in [0.4, 0.5) is 13.2 Å². The fourth-order valence-corrected chi connectivity index (χ4v) is 3.14. The van der Waals surface area contributed by atoms with Crippen molar-refractivity contribution in [1.82, 2.24) is 4.90 Å². The van der Waals surface area contributed by atoms with Crippen molar-refractivity contribution < 1.29 is 33.0 Å². The minimum atomic E-state index is -4.59. The second-order valence-corrected chi connectivity index (χ2v) is 7.73. The monoisotopic (exact) mass is 397 g/mol. The number of aliphatic carboxylic acids is 1. The molecule has 0 saturated heterocycles. The third kappa shape index (κ3) is 11.2. The van der Waals surface area contributed by atoms with Gasteiger partial charge in [-0.25, -0.2) is 0 Å². The fourth-order valence-electron chi connectivity index (χ4n) is 3.14. The Balaban J connectivity index is 5.10. The molecule has 3 atom stereocenters. The topological polar surface area (TPSA) is 77.8 Å². The normalized spacial score (nSPS) is 15.4. The summed E-state index contributed by atoms with van der Waals surface area (Å²) in [7, 11) is 1.30. The number of unbranched alkanes of at least 4 members (excludes halogenated alkanes) is 3. The van der Waals surface area contributed by atoms with Crippen LogP contribution in [0.15, 0.2) is 0 Å². The molecule has 0 aliphatic rings. The summed E-state index contributed by atoms with van der Waals surface area (Å²) in [5.74, 6) is -4.33. The van der Waals surface area contributed by atoms with Gasteiger partial charge in [-0.05, 0) is 18.8 Å². The van der Waals surface area contributed by atoms with Gasteiger partial charge in [-0.2, -0.15) is 13.2 Å². The van der Waals surface area contributed by atoms with Gasteiger partial charge in [-0.15, -0.1) is 0 Å². The third-order valence-corrected chi connectivity index (χ3v) is 4.56. The van der Waals surface area contributed by atoms with E-state index in [2.05, 4.69) is 0 Å².